The number of carbonyl (C=O) groups excluding carboxylic acids is 1. The highest BCUT2D eigenvalue weighted by molar-refractivity contribution is 7.99. The molecule has 0 saturated heterocycles. The summed E-state index contributed by atoms with van der Waals surface area (Å²) in [5, 5.41) is 21.9. The third-order valence-corrected chi connectivity index (χ3v) is 6.15. The number of hydrogen-bond acceptors (Lipinski definition) is 5. The van der Waals surface area contributed by atoms with Crippen LogP contribution in [0.1, 0.15) is 16.7 Å². The molecule has 4 aromatic rings. The fraction of sp³-hybridized carbons (Fsp3) is 0.217. The van der Waals surface area contributed by atoms with Crippen molar-refractivity contribution in [3.05, 3.63) is 71.7 Å². The number of aliphatic carboxylic acids is 1. The highest BCUT2D eigenvalue weighted by Crippen LogP contribution is 2.23. The van der Waals surface area contributed by atoms with E-state index in [0.29, 0.717) is 5.16 Å². The summed E-state index contributed by atoms with van der Waals surface area (Å²) in [5.41, 5.74) is 4.89. The molecule has 2 heterocycles. The summed E-state index contributed by atoms with van der Waals surface area (Å²) in [6, 6.07) is 12.7. The Labute approximate surface area is 189 Å². The van der Waals surface area contributed by atoms with Gasteiger partial charge in [-0.2, -0.15) is 0 Å². The molecule has 0 fully saturated rings. The fourth-order valence-electron chi connectivity index (χ4n) is 3.55. The maximum atomic E-state index is 12.6. The van der Waals surface area contributed by atoms with Crippen LogP contribution >= 0.6 is 11.8 Å². The predicted molar refractivity (Wildman–Crippen MR) is 123 cm³/mol. The van der Waals surface area contributed by atoms with E-state index in [2.05, 4.69) is 20.5 Å². The van der Waals surface area contributed by atoms with E-state index in [4.69, 9.17) is 0 Å². The van der Waals surface area contributed by atoms with Crippen molar-refractivity contribution in [3.63, 3.8) is 0 Å². The number of carboxylic acids is 1. The molecular weight excluding hydrogens is 426 g/mol. The van der Waals surface area contributed by atoms with Gasteiger partial charge < -0.3 is 15.4 Å². The third kappa shape index (κ3) is 4.67. The Bertz CT molecular complexity index is 1280. The van der Waals surface area contributed by atoms with E-state index in [0.717, 1.165) is 33.3 Å². The summed E-state index contributed by atoms with van der Waals surface area (Å²) in [5.74, 6) is -1.42. The maximum absolute atomic E-state index is 12.6. The fourth-order valence-corrected chi connectivity index (χ4v) is 4.29. The number of aryl methyl sites for hydroxylation is 2. The van der Waals surface area contributed by atoms with Gasteiger partial charge in [-0.1, -0.05) is 42.1 Å². The Kier molecular flexibility index (Phi) is 6.27. The number of aromatic nitrogens is 4. The molecule has 0 aliphatic rings. The summed E-state index contributed by atoms with van der Waals surface area (Å²) < 4.78 is 1.83. The molecule has 1 unspecified atom stereocenters. The molecule has 2 aromatic heterocycles. The van der Waals surface area contributed by atoms with Crippen molar-refractivity contribution in [2.45, 2.75) is 31.5 Å². The van der Waals surface area contributed by atoms with Crippen LogP contribution in [-0.4, -0.2) is 48.5 Å². The van der Waals surface area contributed by atoms with Gasteiger partial charge in [-0.05, 0) is 42.7 Å². The first-order valence-corrected chi connectivity index (χ1v) is 11.1. The highest BCUT2D eigenvalue weighted by Gasteiger charge is 2.22. The third-order valence-electron chi connectivity index (χ3n) is 5.21. The lowest BCUT2D eigenvalue weighted by atomic mass is 10.1. The van der Waals surface area contributed by atoms with Gasteiger partial charge in [-0.3, -0.25) is 9.36 Å². The van der Waals surface area contributed by atoms with Crippen LogP contribution in [-0.2, 0) is 16.0 Å². The number of aromatic amines is 1. The second-order valence-electron chi connectivity index (χ2n) is 7.58. The molecule has 0 bridgehead atoms. The molecule has 4 rings (SSSR count). The van der Waals surface area contributed by atoms with E-state index >= 15 is 0 Å². The number of H-pyrrole nitrogens is 1. The summed E-state index contributed by atoms with van der Waals surface area (Å²) in [6.45, 7) is 4.01. The number of thioether (sulfide) groups is 1. The van der Waals surface area contributed by atoms with Crippen molar-refractivity contribution < 1.29 is 14.7 Å². The zero-order valence-electron chi connectivity index (χ0n) is 17.7. The Morgan fingerprint density at radius 2 is 2.03 bits per heavy atom. The van der Waals surface area contributed by atoms with Crippen molar-refractivity contribution >= 4 is 34.5 Å². The lowest BCUT2D eigenvalue weighted by Crippen LogP contribution is -2.43. The van der Waals surface area contributed by atoms with E-state index in [1.54, 1.807) is 12.5 Å². The average molecular weight is 450 g/mol. The minimum absolute atomic E-state index is 0.0290. The molecular formula is C23H23N5O3S. The normalized spacial score (nSPS) is 12.1. The Morgan fingerprint density at radius 1 is 1.22 bits per heavy atom. The number of para-hydroxylation sites is 1. The first-order chi connectivity index (χ1) is 15.4. The standard InChI is InChI=1S/C23H23N5O3S/c1-14-7-8-15(2)20(9-14)28-13-25-27-23(28)32-12-21(29)26-19(22(30)31)10-16-11-24-18-6-4-3-5-17(16)18/h3-9,11,13,19,24H,10,12H2,1-2H3,(H,26,29)(H,30,31). The van der Waals surface area contributed by atoms with Crippen molar-refractivity contribution in [2.24, 2.45) is 0 Å². The number of nitrogens with one attached hydrogen (secondary N) is 2. The summed E-state index contributed by atoms with van der Waals surface area (Å²) >= 11 is 1.21. The van der Waals surface area contributed by atoms with Crippen molar-refractivity contribution in [1.29, 1.82) is 0 Å². The number of amides is 1. The maximum Gasteiger partial charge on any atom is 0.326 e. The summed E-state index contributed by atoms with van der Waals surface area (Å²) in [7, 11) is 0. The lowest BCUT2D eigenvalue weighted by Gasteiger charge is -2.14. The second kappa shape index (κ2) is 9.27. The van der Waals surface area contributed by atoms with Gasteiger partial charge in [-0.25, -0.2) is 4.79 Å². The first kappa shape index (κ1) is 21.6. The Morgan fingerprint density at radius 3 is 2.84 bits per heavy atom. The largest absolute Gasteiger partial charge is 0.480 e. The topological polar surface area (TPSA) is 113 Å². The number of benzene rings is 2. The number of carbonyl (C=O) groups is 2. The minimum Gasteiger partial charge on any atom is -0.480 e. The molecule has 3 N–H and O–H groups in total. The molecule has 164 valence electrons. The molecule has 9 heteroatoms. The molecule has 0 aliphatic heterocycles. The van der Waals surface area contributed by atoms with Gasteiger partial charge in [0.25, 0.3) is 0 Å². The molecule has 0 aliphatic carbocycles. The monoisotopic (exact) mass is 449 g/mol. The molecule has 1 atom stereocenters. The van der Waals surface area contributed by atoms with Crippen molar-refractivity contribution in [1.82, 2.24) is 25.1 Å². The van der Waals surface area contributed by atoms with Crippen molar-refractivity contribution in [2.75, 3.05) is 5.75 Å². The van der Waals surface area contributed by atoms with Crippen LogP contribution in [0.2, 0.25) is 0 Å². The number of rotatable bonds is 8. The van der Waals surface area contributed by atoms with E-state index in [9.17, 15) is 14.7 Å². The van der Waals surface area contributed by atoms with E-state index in [1.807, 2.05) is 60.9 Å². The van der Waals surface area contributed by atoms with Gasteiger partial charge >= 0.3 is 5.97 Å². The minimum atomic E-state index is -1.08. The van der Waals surface area contributed by atoms with Crippen LogP contribution in [0.4, 0.5) is 0 Å². The van der Waals surface area contributed by atoms with Crippen molar-refractivity contribution in [3.8, 4) is 5.69 Å². The molecule has 8 nitrogen and oxygen atoms in total. The van der Waals surface area contributed by atoms with Gasteiger partial charge in [-0.15, -0.1) is 10.2 Å². The van der Waals surface area contributed by atoms with Gasteiger partial charge in [0.05, 0.1) is 11.4 Å². The second-order valence-corrected chi connectivity index (χ2v) is 8.53. The zero-order valence-corrected chi connectivity index (χ0v) is 18.5. The number of nitrogens with zero attached hydrogens (tertiary/aromatic N) is 3. The van der Waals surface area contributed by atoms with Gasteiger partial charge in [0.15, 0.2) is 5.16 Å². The van der Waals surface area contributed by atoms with Crippen LogP contribution in [0.3, 0.4) is 0 Å². The molecule has 0 spiro atoms. The van der Waals surface area contributed by atoms with Gasteiger partial charge in [0.1, 0.15) is 12.4 Å². The summed E-state index contributed by atoms with van der Waals surface area (Å²) in [4.78, 5) is 27.5. The van der Waals surface area contributed by atoms with Crippen LogP contribution in [0.25, 0.3) is 16.6 Å². The first-order valence-electron chi connectivity index (χ1n) is 10.1. The van der Waals surface area contributed by atoms with E-state index in [1.165, 1.54) is 11.8 Å². The molecule has 0 saturated carbocycles. The Balaban J connectivity index is 1.42. The lowest BCUT2D eigenvalue weighted by molar-refractivity contribution is -0.141. The van der Waals surface area contributed by atoms with Gasteiger partial charge in [0.2, 0.25) is 5.91 Å². The molecule has 2 aromatic carbocycles. The Hall–Kier alpha value is -3.59. The molecule has 0 radical (unpaired) electrons. The quantitative estimate of drug-likeness (QED) is 0.356. The molecule has 1 amide bonds. The van der Waals surface area contributed by atoms with Gasteiger partial charge in [0, 0.05) is 23.5 Å². The van der Waals surface area contributed by atoms with E-state index in [-0.39, 0.29) is 18.1 Å². The number of carboxylic acid groups (broad SMARTS) is 1. The van der Waals surface area contributed by atoms with Crippen LogP contribution in [0.5, 0.6) is 0 Å². The SMILES string of the molecule is Cc1ccc(C)c(-n2cnnc2SCC(=O)NC(Cc2c[nH]c3ccccc23)C(=O)O)c1. The average Bonchev–Trinajstić information content (AvgIpc) is 3.40. The highest BCUT2D eigenvalue weighted by atomic mass is 32.2. The van der Waals surface area contributed by atoms with Crippen LogP contribution in [0, 0.1) is 13.8 Å². The van der Waals surface area contributed by atoms with Crippen LogP contribution in [0.15, 0.2) is 60.1 Å². The van der Waals surface area contributed by atoms with E-state index < -0.39 is 12.0 Å². The number of hydrogen-bond donors (Lipinski definition) is 3. The number of fused-ring (bicyclic) bond motifs is 1. The summed E-state index contributed by atoms with van der Waals surface area (Å²) in [6.07, 6.45) is 3.58. The van der Waals surface area contributed by atoms with Crippen LogP contribution < -0.4 is 5.32 Å². The zero-order chi connectivity index (χ0) is 22.7. The predicted octanol–water partition coefficient (Wildman–Crippen LogP) is 3.27. The molecule has 32 heavy (non-hydrogen) atoms. The smallest absolute Gasteiger partial charge is 0.326 e.